The summed E-state index contributed by atoms with van der Waals surface area (Å²) in [7, 11) is 0. The number of hydrogen-bond acceptors (Lipinski definition) is 2. The Morgan fingerprint density at radius 3 is 1.56 bits per heavy atom. The Bertz CT molecular complexity index is 752. The van der Waals surface area contributed by atoms with Crippen molar-refractivity contribution in [2.24, 2.45) is 11.3 Å². The second-order valence-corrected chi connectivity index (χ2v) is 8.85. The Morgan fingerprint density at radius 1 is 0.800 bits per heavy atom. The van der Waals surface area contributed by atoms with Gasteiger partial charge in [0.15, 0.2) is 0 Å². The predicted molar refractivity (Wildman–Crippen MR) is 104 cm³/mol. The first-order chi connectivity index (χ1) is 11.6. The number of aromatic hydroxyl groups is 2. The number of aryl methyl sites for hydroxylation is 4. The zero-order chi connectivity index (χ0) is 18.5. The van der Waals surface area contributed by atoms with Crippen molar-refractivity contribution < 1.29 is 10.2 Å². The predicted octanol–water partition coefficient (Wildman–Crippen LogP) is 5.90. The summed E-state index contributed by atoms with van der Waals surface area (Å²) in [4.78, 5) is 0. The molecule has 25 heavy (non-hydrogen) atoms. The molecule has 134 valence electrons. The minimum Gasteiger partial charge on any atom is -0.507 e. The highest BCUT2D eigenvalue weighted by Crippen LogP contribution is 2.56. The lowest BCUT2D eigenvalue weighted by molar-refractivity contribution is 0.0827. The Balaban J connectivity index is 2.19. The highest BCUT2D eigenvalue weighted by molar-refractivity contribution is 5.54. The molecule has 2 nitrogen and oxygen atoms in total. The molecule has 0 radical (unpaired) electrons. The number of hydrogen-bond donors (Lipinski definition) is 2. The largest absolute Gasteiger partial charge is 0.507 e. The number of phenols is 2. The molecule has 1 fully saturated rings. The van der Waals surface area contributed by atoms with Gasteiger partial charge in [0.1, 0.15) is 11.5 Å². The smallest absolute Gasteiger partial charge is 0.122 e. The van der Waals surface area contributed by atoms with E-state index in [1.807, 2.05) is 26.0 Å². The van der Waals surface area contributed by atoms with Crippen molar-refractivity contribution >= 4 is 0 Å². The first-order valence-electron chi connectivity index (χ1n) is 9.19. The third kappa shape index (κ3) is 3.27. The van der Waals surface area contributed by atoms with Gasteiger partial charge in [-0.1, -0.05) is 49.2 Å². The minimum atomic E-state index is 0.0326. The van der Waals surface area contributed by atoms with Crippen molar-refractivity contribution in [3.8, 4) is 11.5 Å². The molecule has 1 saturated carbocycles. The van der Waals surface area contributed by atoms with Gasteiger partial charge < -0.3 is 10.2 Å². The summed E-state index contributed by atoms with van der Waals surface area (Å²) in [5, 5.41) is 21.6. The van der Waals surface area contributed by atoms with Gasteiger partial charge in [-0.05, 0) is 63.0 Å². The maximum atomic E-state index is 10.8. The SMILES string of the molecule is Cc1cc(C)c(O)c(C(c2cc(C)cc(C)c2O)C2CC(C)(C)C2)c1. The van der Waals surface area contributed by atoms with E-state index >= 15 is 0 Å². The summed E-state index contributed by atoms with van der Waals surface area (Å²) in [5.74, 6) is 1.22. The van der Waals surface area contributed by atoms with Gasteiger partial charge in [0.25, 0.3) is 0 Å². The van der Waals surface area contributed by atoms with Crippen LogP contribution < -0.4 is 0 Å². The minimum absolute atomic E-state index is 0.0326. The lowest BCUT2D eigenvalue weighted by Gasteiger charge is -2.47. The van der Waals surface area contributed by atoms with Crippen molar-refractivity contribution in [2.75, 3.05) is 0 Å². The van der Waals surface area contributed by atoms with E-state index in [0.717, 1.165) is 46.2 Å². The van der Waals surface area contributed by atoms with Crippen LogP contribution in [0.2, 0.25) is 0 Å². The fourth-order valence-electron chi connectivity index (χ4n) is 4.73. The summed E-state index contributed by atoms with van der Waals surface area (Å²) in [6.07, 6.45) is 2.22. The third-order valence-corrected chi connectivity index (χ3v) is 5.72. The molecule has 0 aliphatic heterocycles. The van der Waals surface area contributed by atoms with E-state index in [2.05, 4.69) is 39.8 Å². The average Bonchev–Trinajstić information content (AvgIpc) is 2.47. The van der Waals surface area contributed by atoms with Crippen LogP contribution in [0.4, 0.5) is 0 Å². The Labute approximate surface area is 151 Å². The molecule has 0 saturated heterocycles. The summed E-state index contributed by atoms with van der Waals surface area (Å²) in [6, 6.07) is 8.22. The van der Waals surface area contributed by atoms with Crippen LogP contribution >= 0.6 is 0 Å². The lowest BCUT2D eigenvalue weighted by atomic mass is 9.57. The van der Waals surface area contributed by atoms with Crippen LogP contribution in [0, 0.1) is 39.0 Å². The summed E-state index contributed by atoms with van der Waals surface area (Å²) < 4.78 is 0. The third-order valence-electron chi connectivity index (χ3n) is 5.72. The van der Waals surface area contributed by atoms with E-state index in [-0.39, 0.29) is 5.92 Å². The molecule has 1 aliphatic carbocycles. The molecule has 0 unspecified atom stereocenters. The van der Waals surface area contributed by atoms with Gasteiger partial charge in [-0.2, -0.15) is 0 Å². The van der Waals surface area contributed by atoms with Crippen LogP contribution in [0.5, 0.6) is 11.5 Å². The molecular weight excluding hydrogens is 308 g/mol. The van der Waals surface area contributed by atoms with Crippen molar-refractivity contribution in [2.45, 2.75) is 60.3 Å². The normalized spacial score (nSPS) is 16.9. The second-order valence-electron chi connectivity index (χ2n) is 8.85. The average molecular weight is 338 g/mol. The van der Waals surface area contributed by atoms with Gasteiger partial charge in [0.2, 0.25) is 0 Å². The van der Waals surface area contributed by atoms with Crippen molar-refractivity contribution in [1.29, 1.82) is 0 Å². The Morgan fingerprint density at radius 2 is 1.20 bits per heavy atom. The molecule has 0 bridgehead atoms. The molecule has 2 aromatic rings. The molecule has 0 aromatic heterocycles. The van der Waals surface area contributed by atoms with Crippen LogP contribution in [0.15, 0.2) is 24.3 Å². The van der Waals surface area contributed by atoms with E-state index in [1.165, 1.54) is 0 Å². The van der Waals surface area contributed by atoms with Crippen LogP contribution in [0.3, 0.4) is 0 Å². The maximum absolute atomic E-state index is 10.8. The van der Waals surface area contributed by atoms with Gasteiger partial charge in [-0.15, -0.1) is 0 Å². The highest BCUT2D eigenvalue weighted by atomic mass is 16.3. The van der Waals surface area contributed by atoms with Gasteiger partial charge in [0.05, 0.1) is 0 Å². The van der Waals surface area contributed by atoms with Gasteiger partial charge in [0, 0.05) is 17.0 Å². The number of benzene rings is 2. The van der Waals surface area contributed by atoms with Gasteiger partial charge in [-0.25, -0.2) is 0 Å². The van der Waals surface area contributed by atoms with E-state index in [4.69, 9.17) is 0 Å². The Hall–Kier alpha value is -1.96. The molecule has 0 spiro atoms. The number of rotatable bonds is 3. The Kier molecular flexibility index (Phi) is 4.35. The highest BCUT2D eigenvalue weighted by Gasteiger charge is 2.43. The van der Waals surface area contributed by atoms with E-state index in [0.29, 0.717) is 22.8 Å². The molecule has 0 amide bonds. The summed E-state index contributed by atoms with van der Waals surface area (Å²) >= 11 is 0. The molecular formula is C23H30O2. The molecule has 0 heterocycles. The molecule has 2 N–H and O–H groups in total. The van der Waals surface area contributed by atoms with Crippen LogP contribution in [0.1, 0.15) is 66.0 Å². The standard InChI is InChI=1S/C23H30O2/c1-13-7-15(3)21(24)18(9-13)20(17-11-23(5,6)12-17)19-10-14(2)8-16(4)22(19)25/h7-10,17,20,24-25H,11-12H2,1-6H3. The first kappa shape index (κ1) is 17.8. The van der Waals surface area contributed by atoms with Crippen molar-refractivity contribution in [1.82, 2.24) is 0 Å². The van der Waals surface area contributed by atoms with E-state index in [1.54, 1.807) is 0 Å². The monoisotopic (exact) mass is 338 g/mol. The summed E-state index contributed by atoms with van der Waals surface area (Å²) in [5.41, 5.74) is 6.36. The fraction of sp³-hybridized carbons (Fsp3) is 0.478. The maximum Gasteiger partial charge on any atom is 0.122 e. The zero-order valence-electron chi connectivity index (χ0n) is 16.3. The van der Waals surface area contributed by atoms with Crippen molar-refractivity contribution in [3.05, 3.63) is 57.6 Å². The topological polar surface area (TPSA) is 40.5 Å². The molecule has 1 aliphatic rings. The molecule has 0 atom stereocenters. The quantitative estimate of drug-likeness (QED) is 0.731. The van der Waals surface area contributed by atoms with Crippen molar-refractivity contribution in [3.63, 3.8) is 0 Å². The van der Waals surface area contributed by atoms with Gasteiger partial charge >= 0.3 is 0 Å². The van der Waals surface area contributed by atoms with E-state index < -0.39 is 0 Å². The molecule has 2 aromatic carbocycles. The van der Waals surface area contributed by atoms with Gasteiger partial charge in [-0.3, -0.25) is 0 Å². The number of phenolic OH excluding ortho intramolecular Hbond substituents is 2. The lowest BCUT2D eigenvalue weighted by Crippen LogP contribution is -2.36. The van der Waals surface area contributed by atoms with Crippen LogP contribution in [-0.4, -0.2) is 10.2 Å². The molecule has 2 heteroatoms. The summed E-state index contributed by atoms with van der Waals surface area (Å²) in [6.45, 7) is 12.6. The fourth-order valence-corrected chi connectivity index (χ4v) is 4.73. The second kappa shape index (κ2) is 6.09. The van der Waals surface area contributed by atoms with E-state index in [9.17, 15) is 10.2 Å². The molecule has 3 rings (SSSR count). The van der Waals surface area contributed by atoms with Crippen LogP contribution in [0.25, 0.3) is 0 Å². The first-order valence-corrected chi connectivity index (χ1v) is 9.19. The zero-order valence-corrected chi connectivity index (χ0v) is 16.3. The van der Waals surface area contributed by atoms with Crippen LogP contribution in [-0.2, 0) is 0 Å².